The predicted octanol–water partition coefficient (Wildman–Crippen LogP) is 2.49. The van der Waals surface area contributed by atoms with Gasteiger partial charge < -0.3 is 9.64 Å². The van der Waals surface area contributed by atoms with E-state index in [1.807, 2.05) is 4.90 Å². The summed E-state index contributed by atoms with van der Waals surface area (Å²) in [6.07, 6.45) is -2.30. The van der Waals surface area contributed by atoms with E-state index in [2.05, 4.69) is 9.72 Å². The number of hydrogen-bond donors (Lipinski definition) is 0. The molecule has 7 heteroatoms. The molecule has 1 aromatic heterocycles. The van der Waals surface area contributed by atoms with E-state index in [1.54, 1.807) is 0 Å². The number of halogens is 3. The van der Waals surface area contributed by atoms with Gasteiger partial charge in [0.15, 0.2) is 0 Å². The number of alkyl halides is 3. The van der Waals surface area contributed by atoms with Crippen LogP contribution in [0.4, 0.5) is 19.0 Å². The van der Waals surface area contributed by atoms with E-state index in [9.17, 15) is 18.0 Å². The number of hydrogen-bond acceptors (Lipinski definition) is 4. The maximum Gasteiger partial charge on any atom is 0.417 e. The van der Waals surface area contributed by atoms with Gasteiger partial charge in [-0.1, -0.05) is 0 Å². The molecule has 0 atom stereocenters. The van der Waals surface area contributed by atoms with Crippen molar-refractivity contribution in [2.75, 3.05) is 25.1 Å². The molecule has 0 radical (unpaired) electrons. The van der Waals surface area contributed by atoms with Gasteiger partial charge >= 0.3 is 12.1 Å². The summed E-state index contributed by atoms with van der Waals surface area (Å²) in [4.78, 5) is 17.1. The van der Waals surface area contributed by atoms with Crippen LogP contribution in [0.2, 0.25) is 0 Å². The fraction of sp³-hybridized carbons (Fsp3) is 0.538. The van der Waals surface area contributed by atoms with E-state index in [4.69, 9.17) is 0 Å². The Bertz CT molecular complexity index is 465. The van der Waals surface area contributed by atoms with Crippen LogP contribution < -0.4 is 4.90 Å². The molecule has 1 aliphatic rings. The first kappa shape index (κ1) is 14.6. The number of rotatable bonds is 2. The van der Waals surface area contributed by atoms with Crippen LogP contribution in [-0.2, 0) is 15.7 Å². The zero-order chi connectivity index (χ0) is 14.8. The number of anilines is 1. The number of aromatic nitrogens is 1. The minimum absolute atomic E-state index is 0.134. The van der Waals surface area contributed by atoms with Gasteiger partial charge in [0.2, 0.25) is 0 Å². The molecule has 0 aliphatic carbocycles. The number of piperidine rings is 1. The highest BCUT2D eigenvalue weighted by Crippen LogP contribution is 2.30. The van der Waals surface area contributed by atoms with E-state index in [1.165, 1.54) is 13.2 Å². The van der Waals surface area contributed by atoms with Crippen LogP contribution in [-0.4, -0.2) is 31.2 Å². The molecule has 1 aromatic rings. The molecule has 1 fully saturated rings. The lowest BCUT2D eigenvalue weighted by Gasteiger charge is -2.31. The molecule has 0 bridgehead atoms. The third-order valence-corrected chi connectivity index (χ3v) is 3.43. The van der Waals surface area contributed by atoms with E-state index in [0.717, 1.165) is 12.3 Å². The Kier molecular flexibility index (Phi) is 4.15. The van der Waals surface area contributed by atoms with Crippen molar-refractivity contribution in [1.29, 1.82) is 0 Å². The Morgan fingerprint density at radius 3 is 2.45 bits per heavy atom. The molecule has 0 spiro atoms. The van der Waals surface area contributed by atoms with Gasteiger partial charge in [-0.3, -0.25) is 4.79 Å². The van der Waals surface area contributed by atoms with Crippen LogP contribution in [0.1, 0.15) is 18.4 Å². The summed E-state index contributed by atoms with van der Waals surface area (Å²) in [5, 5.41) is 0. The smallest absolute Gasteiger partial charge is 0.417 e. The molecule has 2 heterocycles. The van der Waals surface area contributed by atoms with Crippen LogP contribution in [0.5, 0.6) is 0 Å². The SMILES string of the molecule is COC(=O)C1CCN(c2ccc(C(F)(F)F)cn2)CC1. The Morgan fingerprint density at radius 1 is 1.35 bits per heavy atom. The van der Waals surface area contributed by atoms with Crippen LogP contribution in [0.15, 0.2) is 18.3 Å². The fourth-order valence-corrected chi connectivity index (χ4v) is 2.25. The van der Waals surface area contributed by atoms with E-state index in [-0.39, 0.29) is 11.9 Å². The number of nitrogens with zero attached hydrogens (tertiary/aromatic N) is 2. The molecule has 2 rings (SSSR count). The predicted molar refractivity (Wildman–Crippen MR) is 66.2 cm³/mol. The Morgan fingerprint density at radius 2 is 2.00 bits per heavy atom. The van der Waals surface area contributed by atoms with Gasteiger partial charge in [0.05, 0.1) is 18.6 Å². The molecule has 110 valence electrons. The standard InChI is InChI=1S/C13H15F3N2O2/c1-20-12(19)9-4-6-18(7-5-9)11-3-2-10(8-17-11)13(14,15)16/h2-3,8-9H,4-7H2,1H3. The zero-order valence-corrected chi connectivity index (χ0v) is 11.0. The van der Waals surface area contributed by atoms with Gasteiger partial charge in [-0.15, -0.1) is 0 Å². The third-order valence-electron chi connectivity index (χ3n) is 3.43. The lowest BCUT2D eigenvalue weighted by Crippen LogP contribution is -2.37. The average molecular weight is 288 g/mol. The summed E-state index contributed by atoms with van der Waals surface area (Å²) in [6.45, 7) is 1.16. The second-order valence-electron chi connectivity index (χ2n) is 4.69. The van der Waals surface area contributed by atoms with Crippen molar-refractivity contribution in [2.24, 2.45) is 5.92 Å². The second kappa shape index (κ2) is 5.68. The van der Waals surface area contributed by atoms with Crippen molar-refractivity contribution in [3.05, 3.63) is 23.9 Å². The third kappa shape index (κ3) is 3.20. The first-order valence-electron chi connectivity index (χ1n) is 6.28. The van der Waals surface area contributed by atoms with Gasteiger partial charge in [0.1, 0.15) is 5.82 Å². The van der Waals surface area contributed by atoms with E-state index in [0.29, 0.717) is 31.7 Å². The van der Waals surface area contributed by atoms with Crippen LogP contribution in [0, 0.1) is 5.92 Å². The number of pyridine rings is 1. The molecule has 0 saturated carbocycles. The number of esters is 1. The molecule has 0 amide bonds. The number of carbonyl (C=O) groups excluding carboxylic acids is 1. The highest BCUT2D eigenvalue weighted by atomic mass is 19.4. The average Bonchev–Trinajstić information content (AvgIpc) is 2.46. The van der Waals surface area contributed by atoms with Crippen molar-refractivity contribution in [3.63, 3.8) is 0 Å². The van der Waals surface area contributed by atoms with Crippen molar-refractivity contribution in [2.45, 2.75) is 19.0 Å². The van der Waals surface area contributed by atoms with Crippen molar-refractivity contribution in [3.8, 4) is 0 Å². The van der Waals surface area contributed by atoms with Gasteiger partial charge in [-0.2, -0.15) is 13.2 Å². The van der Waals surface area contributed by atoms with E-state index < -0.39 is 11.7 Å². The van der Waals surface area contributed by atoms with Crippen molar-refractivity contribution in [1.82, 2.24) is 4.98 Å². The van der Waals surface area contributed by atoms with Crippen LogP contribution in [0.25, 0.3) is 0 Å². The largest absolute Gasteiger partial charge is 0.469 e. The first-order valence-corrected chi connectivity index (χ1v) is 6.28. The summed E-state index contributed by atoms with van der Waals surface area (Å²) in [7, 11) is 1.35. The minimum Gasteiger partial charge on any atom is -0.469 e. The number of methoxy groups -OCH3 is 1. The normalized spacial score (nSPS) is 17.1. The molecular formula is C13H15F3N2O2. The van der Waals surface area contributed by atoms with Crippen LogP contribution >= 0.6 is 0 Å². The molecule has 0 aromatic carbocycles. The monoisotopic (exact) mass is 288 g/mol. The molecule has 20 heavy (non-hydrogen) atoms. The second-order valence-corrected chi connectivity index (χ2v) is 4.69. The fourth-order valence-electron chi connectivity index (χ4n) is 2.25. The molecule has 1 aliphatic heterocycles. The van der Waals surface area contributed by atoms with Gasteiger partial charge in [0, 0.05) is 19.3 Å². The highest BCUT2D eigenvalue weighted by Gasteiger charge is 2.31. The quantitative estimate of drug-likeness (QED) is 0.784. The topological polar surface area (TPSA) is 42.4 Å². The highest BCUT2D eigenvalue weighted by molar-refractivity contribution is 5.72. The lowest BCUT2D eigenvalue weighted by molar-refractivity contribution is -0.146. The summed E-state index contributed by atoms with van der Waals surface area (Å²) in [5.74, 6) is 0.136. The van der Waals surface area contributed by atoms with Crippen molar-refractivity contribution >= 4 is 11.8 Å². The molecule has 0 N–H and O–H groups in total. The van der Waals surface area contributed by atoms with E-state index >= 15 is 0 Å². The van der Waals surface area contributed by atoms with Crippen LogP contribution in [0.3, 0.4) is 0 Å². The number of ether oxygens (including phenoxy) is 1. The van der Waals surface area contributed by atoms with Gasteiger partial charge in [-0.05, 0) is 25.0 Å². The number of carbonyl (C=O) groups is 1. The summed E-state index contributed by atoms with van der Waals surface area (Å²) >= 11 is 0. The maximum absolute atomic E-state index is 12.4. The summed E-state index contributed by atoms with van der Waals surface area (Å²) < 4.78 is 42.0. The maximum atomic E-state index is 12.4. The molecule has 4 nitrogen and oxygen atoms in total. The van der Waals surface area contributed by atoms with Gasteiger partial charge in [0.25, 0.3) is 0 Å². The summed E-state index contributed by atoms with van der Waals surface area (Å²) in [6, 6.07) is 2.38. The minimum atomic E-state index is -4.37. The Hall–Kier alpha value is -1.79. The van der Waals surface area contributed by atoms with Crippen molar-refractivity contribution < 1.29 is 22.7 Å². The summed E-state index contributed by atoms with van der Waals surface area (Å²) in [5.41, 5.74) is -0.759. The molecular weight excluding hydrogens is 273 g/mol. The molecule has 1 saturated heterocycles. The Balaban J connectivity index is 1.99. The zero-order valence-electron chi connectivity index (χ0n) is 11.0. The first-order chi connectivity index (χ1) is 9.41. The lowest BCUT2D eigenvalue weighted by atomic mass is 9.97. The molecule has 0 unspecified atom stereocenters. The Labute approximate surface area is 114 Å². The van der Waals surface area contributed by atoms with Gasteiger partial charge in [-0.25, -0.2) is 4.98 Å².